The van der Waals surface area contributed by atoms with E-state index in [9.17, 15) is 4.79 Å². The molecule has 150 valence electrons. The van der Waals surface area contributed by atoms with Crippen LogP contribution in [0.5, 0.6) is 0 Å². The number of carbonyl (C=O) groups is 1. The molecule has 1 aliphatic heterocycles. The summed E-state index contributed by atoms with van der Waals surface area (Å²) in [5.41, 5.74) is 4.12. The van der Waals surface area contributed by atoms with Gasteiger partial charge >= 0.3 is 0 Å². The second-order valence-electron chi connectivity index (χ2n) is 7.25. The van der Waals surface area contributed by atoms with Crippen LogP contribution in [0.25, 0.3) is 0 Å². The predicted molar refractivity (Wildman–Crippen MR) is 111 cm³/mol. The van der Waals surface area contributed by atoms with Crippen molar-refractivity contribution in [2.75, 3.05) is 26.3 Å². The van der Waals surface area contributed by atoms with Gasteiger partial charge in [-0.25, -0.2) is 0 Å². The highest BCUT2D eigenvalue weighted by molar-refractivity contribution is 5.93. The lowest BCUT2D eigenvalue weighted by molar-refractivity contribution is 0.0340. The molecule has 0 bridgehead atoms. The van der Waals surface area contributed by atoms with Crippen LogP contribution in [-0.4, -0.2) is 46.9 Å². The highest BCUT2D eigenvalue weighted by atomic mass is 16.5. The Hall–Kier alpha value is -2.96. The molecule has 0 unspecified atom stereocenters. The van der Waals surface area contributed by atoms with Crippen molar-refractivity contribution in [3.8, 4) is 0 Å². The van der Waals surface area contributed by atoms with Crippen molar-refractivity contribution in [1.29, 1.82) is 0 Å². The van der Waals surface area contributed by atoms with Crippen LogP contribution in [0, 0.1) is 0 Å². The third-order valence-corrected chi connectivity index (χ3v) is 5.14. The fraction of sp³-hybridized carbons (Fsp3) is 0.304. The van der Waals surface area contributed by atoms with E-state index in [4.69, 9.17) is 4.74 Å². The highest BCUT2D eigenvalue weighted by Gasteiger charge is 2.14. The fourth-order valence-corrected chi connectivity index (χ4v) is 3.50. The Balaban J connectivity index is 1.35. The maximum Gasteiger partial charge on any atom is 0.254 e. The zero-order valence-electron chi connectivity index (χ0n) is 16.5. The van der Waals surface area contributed by atoms with Gasteiger partial charge < -0.3 is 10.1 Å². The molecule has 6 heteroatoms. The average molecular weight is 390 g/mol. The molecule has 1 aromatic heterocycles. The number of morpholine rings is 1. The van der Waals surface area contributed by atoms with Gasteiger partial charge in [0, 0.05) is 32.4 Å². The fourth-order valence-electron chi connectivity index (χ4n) is 3.50. The Bertz CT molecular complexity index is 933. The molecule has 0 spiro atoms. The number of nitrogens with one attached hydrogen (secondary N) is 1. The molecule has 29 heavy (non-hydrogen) atoms. The SMILES string of the molecule is O=C(NCc1ccccc1CN1CCOCC1)c1cnn(Cc2ccccc2)c1. The van der Waals surface area contributed by atoms with Gasteiger partial charge in [0.05, 0.1) is 31.5 Å². The van der Waals surface area contributed by atoms with E-state index in [1.54, 1.807) is 17.1 Å². The molecule has 1 aliphatic rings. The minimum absolute atomic E-state index is 0.106. The first-order chi connectivity index (χ1) is 14.3. The standard InChI is InChI=1S/C23H26N4O2/c28-23(22-15-25-27(18-22)16-19-6-2-1-3-7-19)24-14-20-8-4-5-9-21(20)17-26-10-12-29-13-11-26/h1-9,15,18H,10-14,16-17H2,(H,24,28). The van der Waals surface area contributed by atoms with Crippen molar-refractivity contribution < 1.29 is 9.53 Å². The summed E-state index contributed by atoms with van der Waals surface area (Å²) in [5.74, 6) is -0.106. The van der Waals surface area contributed by atoms with Crippen molar-refractivity contribution in [2.45, 2.75) is 19.6 Å². The van der Waals surface area contributed by atoms with E-state index in [-0.39, 0.29) is 5.91 Å². The lowest BCUT2D eigenvalue weighted by atomic mass is 10.1. The van der Waals surface area contributed by atoms with Crippen LogP contribution in [0.4, 0.5) is 0 Å². The van der Waals surface area contributed by atoms with Crippen LogP contribution in [0.3, 0.4) is 0 Å². The lowest BCUT2D eigenvalue weighted by Crippen LogP contribution is -2.36. The lowest BCUT2D eigenvalue weighted by Gasteiger charge is -2.27. The van der Waals surface area contributed by atoms with E-state index in [1.807, 2.05) is 36.4 Å². The van der Waals surface area contributed by atoms with Crippen LogP contribution in [0.1, 0.15) is 27.0 Å². The second-order valence-corrected chi connectivity index (χ2v) is 7.25. The van der Waals surface area contributed by atoms with Crippen LogP contribution >= 0.6 is 0 Å². The van der Waals surface area contributed by atoms with E-state index >= 15 is 0 Å². The smallest absolute Gasteiger partial charge is 0.254 e. The maximum atomic E-state index is 12.6. The molecule has 1 fully saturated rings. The van der Waals surface area contributed by atoms with E-state index in [0.29, 0.717) is 18.7 Å². The topological polar surface area (TPSA) is 59.4 Å². The molecule has 0 atom stereocenters. The number of hydrogen-bond acceptors (Lipinski definition) is 4. The molecular weight excluding hydrogens is 364 g/mol. The molecule has 2 aromatic carbocycles. The van der Waals surface area contributed by atoms with Crippen molar-refractivity contribution >= 4 is 5.91 Å². The minimum atomic E-state index is -0.106. The molecule has 0 aliphatic carbocycles. The van der Waals surface area contributed by atoms with Crippen LogP contribution < -0.4 is 5.32 Å². The van der Waals surface area contributed by atoms with Gasteiger partial charge in [0.2, 0.25) is 0 Å². The number of ether oxygens (including phenoxy) is 1. The van der Waals surface area contributed by atoms with Gasteiger partial charge in [0.15, 0.2) is 0 Å². The van der Waals surface area contributed by atoms with Gasteiger partial charge in [-0.05, 0) is 16.7 Å². The molecule has 1 amide bonds. The van der Waals surface area contributed by atoms with Crippen LogP contribution in [0.15, 0.2) is 67.0 Å². The Kier molecular flexibility index (Phi) is 6.34. The van der Waals surface area contributed by atoms with Crippen molar-refractivity contribution in [3.63, 3.8) is 0 Å². The Morgan fingerprint density at radius 1 is 0.966 bits per heavy atom. The number of rotatable bonds is 7. The minimum Gasteiger partial charge on any atom is -0.379 e. The third-order valence-electron chi connectivity index (χ3n) is 5.14. The Labute approximate surface area is 171 Å². The number of amides is 1. The summed E-state index contributed by atoms with van der Waals surface area (Å²) in [6.45, 7) is 5.49. The van der Waals surface area contributed by atoms with Gasteiger partial charge in [0.1, 0.15) is 0 Å². The first-order valence-corrected chi connectivity index (χ1v) is 9.99. The molecule has 0 radical (unpaired) electrons. The number of aromatic nitrogens is 2. The molecule has 6 nitrogen and oxygen atoms in total. The number of hydrogen-bond donors (Lipinski definition) is 1. The van der Waals surface area contributed by atoms with Crippen molar-refractivity contribution in [3.05, 3.63) is 89.2 Å². The van der Waals surface area contributed by atoms with Gasteiger partial charge in [0.25, 0.3) is 5.91 Å². The first kappa shape index (κ1) is 19.4. The largest absolute Gasteiger partial charge is 0.379 e. The summed E-state index contributed by atoms with van der Waals surface area (Å²) in [7, 11) is 0. The van der Waals surface area contributed by atoms with E-state index in [0.717, 1.165) is 44.0 Å². The number of carbonyl (C=O) groups excluding carboxylic acids is 1. The summed E-state index contributed by atoms with van der Waals surface area (Å²) in [6.07, 6.45) is 3.42. The highest BCUT2D eigenvalue weighted by Crippen LogP contribution is 2.13. The molecular formula is C23H26N4O2. The third kappa shape index (κ3) is 5.31. The van der Waals surface area contributed by atoms with Gasteiger partial charge in [-0.3, -0.25) is 14.4 Å². The molecule has 0 saturated carbocycles. The zero-order chi connectivity index (χ0) is 19.9. The van der Waals surface area contributed by atoms with Gasteiger partial charge in [-0.2, -0.15) is 5.10 Å². The molecule has 3 aromatic rings. The monoisotopic (exact) mass is 390 g/mol. The summed E-state index contributed by atoms with van der Waals surface area (Å²) in [6, 6.07) is 18.4. The first-order valence-electron chi connectivity index (χ1n) is 9.99. The zero-order valence-corrected chi connectivity index (χ0v) is 16.5. The summed E-state index contributed by atoms with van der Waals surface area (Å²) in [5, 5.41) is 7.35. The van der Waals surface area contributed by atoms with Crippen LogP contribution in [0.2, 0.25) is 0 Å². The molecule has 2 heterocycles. The number of benzene rings is 2. The van der Waals surface area contributed by atoms with E-state index in [2.05, 4.69) is 33.5 Å². The van der Waals surface area contributed by atoms with Crippen molar-refractivity contribution in [2.24, 2.45) is 0 Å². The second kappa shape index (κ2) is 9.49. The summed E-state index contributed by atoms with van der Waals surface area (Å²) >= 11 is 0. The summed E-state index contributed by atoms with van der Waals surface area (Å²) < 4.78 is 7.22. The number of nitrogens with zero attached hydrogens (tertiary/aromatic N) is 3. The molecule has 1 N–H and O–H groups in total. The summed E-state index contributed by atoms with van der Waals surface area (Å²) in [4.78, 5) is 15.0. The van der Waals surface area contributed by atoms with E-state index < -0.39 is 0 Å². The average Bonchev–Trinajstić information content (AvgIpc) is 3.23. The maximum absolute atomic E-state index is 12.6. The molecule has 1 saturated heterocycles. The normalized spacial score (nSPS) is 14.6. The molecule has 4 rings (SSSR count). The van der Waals surface area contributed by atoms with Gasteiger partial charge in [-0.1, -0.05) is 54.6 Å². The van der Waals surface area contributed by atoms with Gasteiger partial charge in [-0.15, -0.1) is 0 Å². The predicted octanol–water partition coefficient (Wildman–Crippen LogP) is 2.69. The van der Waals surface area contributed by atoms with Crippen LogP contribution in [-0.2, 0) is 24.4 Å². The Morgan fingerprint density at radius 2 is 1.69 bits per heavy atom. The quantitative estimate of drug-likeness (QED) is 0.674. The van der Waals surface area contributed by atoms with E-state index in [1.165, 1.54) is 5.56 Å². The van der Waals surface area contributed by atoms with Crippen molar-refractivity contribution in [1.82, 2.24) is 20.0 Å². The Morgan fingerprint density at radius 3 is 2.48 bits per heavy atom.